The molecule has 0 saturated carbocycles. The van der Waals surface area contributed by atoms with Crippen molar-refractivity contribution < 1.29 is 52.2 Å². The Kier molecular flexibility index (Phi) is 30.1. The van der Waals surface area contributed by atoms with Crippen molar-refractivity contribution in [1.29, 1.82) is 0 Å². The fraction of sp³-hybridized carbons (Fsp3) is 0.675. The van der Waals surface area contributed by atoms with Crippen LogP contribution < -0.4 is 9.47 Å². The van der Waals surface area contributed by atoms with E-state index in [9.17, 15) is 4.79 Å². The first-order valence-electron chi connectivity index (χ1n) is 18.8. The summed E-state index contributed by atoms with van der Waals surface area (Å²) in [6, 6.07) is 15.4. The molecule has 0 bridgehead atoms. The van der Waals surface area contributed by atoms with Gasteiger partial charge in [0.1, 0.15) is 31.0 Å². The van der Waals surface area contributed by atoms with Gasteiger partial charge >= 0.3 is 0 Å². The van der Waals surface area contributed by atoms with Gasteiger partial charge in [0.15, 0.2) is 0 Å². The maximum Gasteiger partial charge on any atom is 0.150 e. The zero-order chi connectivity index (χ0) is 36.1. The van der Waals surface area contributed by atoms with Gasteiger partial charge in [0.2, 0.25) is 0 Å². The zero-order valence-corrected chi connectivity index (χ0v) is 31.1. The molecular weight excluding hydrogens is 656 g/mol. The number of aryl methyl sites for hydroxylation is 1. The molecule has 0 heterocycles. The maximum atomic E-state index is 10.7. The molecule has 2 rings (SSSR count). The van der Waals surface area contributed by atoms with Gasteiger partial charge < -0.3 is 47.4 Å². The van der Waals surface area contributed by atoms with Gasteiger partial charge in [-0.3, -0.25) is 4.79 Å². The topological polar surface area (TPSA) is 109 Å². The second-order valence-corrected chi connectivity index (χ2v) is 11.8. The summed E-state index contributed by atoms with van der Waals surface area (Å²) in [4.78, 5) is 10.7. The van der Waals surface area contributed by atoms with Crippen LogP contribution in [-0.4, -0.2) is 125 Å². The van der Waals surface area contributed by atoms with Gasteiger partial charge in [0.25, 0.3) is 0 Å². The molecule has 2 aromatic rings. The van der Waals surface area contributed by atoms with Gasteiger partial charge in [-0.25, -0.2) is 0 Å². The number of ether oxygens (including phenoxy) is 10. The smallest absolute Gasteiger partial charge is 0.150 e. The number of aldehydes is 1. The monoisotopic (exact) mass is 720 g/mol. The van der Waals surface area contributed by atoms with Crippen LogP contribution in [0.2, 0.25) is 0 Å². The summed E-state index contributed by atoms with van der Waals surface area (Å²) < 4.78 is 55.4. The number of rotatable bonds is 38. The molecular formula is C40H64O11. The lowest BCUT2D eigenvalue weighted by atomic mass is 10.0. The number of hydrogen-bond acceptors (Lipinski definition) is 11. The van der Waals surface area contributed by atoms with Gasteiger partial charge in [-0.05, 0) is 54.8 Å². The Balaban J connectivity index is 1.20. The molecule has 11 nitrogen and oxygen atoms in total. The third-order valence-corrected chi connectivity index (χ3v) is 7.61. The molecule has 0 atom stereocenters. The lowest BCUT2D eigenvalue weighted by Crippen LogP contribution is -2.15. The van der Waals surface area contributed by atoms with Crippen LogP contribution in [0.25, 0.3) is 0 Å². The van der Waals surface area contributed by atoms with Crippen LogP contribution in [0.4, 0.5) is 0 Å². The van der Waals surface area contributed by atoms with Gasteiger partial charge in [0.05, 0.1) is 106 Å². The second kappa shape index (κ2) is 34.5. The summed E-state index contributed by atoms with van der Waals surface area (Å²) in [5.74, 6) is 1.59. The fourth-order valence-corrected chi connectivity index (χ4v) is 4.76. The quantitative estimate of drug-likeness (QED) is 0.0570. The molecule has 0 aliphatic carbocycles. The van der Waals surface area contributed by atoms with E-state index < -0.39 is 0 Å². The predicted molar refractivity (Wildman–Crippen MR) is 198 cm³/mol. The first-order valence-corrected chi connectivity index (χ1v) is 18.8. The van der Waals surface area contributed by atoms with Crippen molar-refractivity contribution in [2.75, 3.05) is 119 Å². The van der Waals surface area contributed by atoms with Crippen molar-refractivity contribution in [1.82, 2.24) is 0 Å². The van der Waals surface area contributed by atoms with Crippen LogP contribution in [0.5, 0.6) is 11.5 Å². The molecule has 0 aliphatic heterocycles. The van der Waals surface area contributed by atoms with Crippen molar-refractivity contribution in [2.24, 2.45) is 0 Å². The minimum Gasteiger partial charge on any atom is -0.491 e. The number of carbonyl (C=O) groups excluding carboxylic acids is 1. The van der Waals surface area contributed by atoms with Crippen molar-refractivity contribution in [3.05, 3.63) is 59.7 Å². The van der Waals surface area contributed by atoms with E-state index in [0.717, 1.165) is 18.5 Å². The van der Waals surface area contributed by atoms with Crippen LogP contribution in [0.15, 0.2) is 48.5 Å². The van der Waals surface area contributed by atoms with E-state index in [1.54, 1.807) is 24.3 Å². The number of benzene rings is 2. The summed E-state index contributed by atoms with van der Waals surface area (Å²) in [6.07, 6.45) is 11.3. The summed E-state index contributed by atoms with van der Waals surface area (Å²) in [7, 11) is 0. The fourth-order valence-electron chi connectivity index (χ4n) is 4.76. The molecule has 0 amide bonds. The van der Waals surface area contributed by atoms with Crippen LogP contribution in [0.3, 0.4) is 0 Å². The molecule has 51 heavy (non-hydrogen) atoms. The minimum atomic E-state index is 0.433. The van der Waals surface area contributed by atoms with Crippen LogP contribution in [0.1, 0.15) is 67.8 Å². The number of carbonyl (C=O) groups is 1. The van der Waals surface area contributed by atoms with Crippen molar-refractivity contribution in [3.8, 4) is 11.5 Å². The van der Waals surface area contributed by atoms with E-state index in [4.69, 9.17) is 47.4 Å². The molecule has 0 unspecified atom stereocenters. The molecule has 0 radical (unpaired) electrons. The first-order chi connectivity index (χ1) is 25.3. The Hall–Kier alpha value is -2.61. The van der Waals surface area contributed by atoms with E-state index in [2.05, 4.69) is 31.2 Å². The highest BCUT2D eigenvalue weighted by molar-refractivity contribution is 5.74. The Morgan fingerprint density at radius 2 is 0.706 bits per heavy atom. The van der Waals surface area contributed by atoms with E-state index in [1.165, 1.54) is 50.5 Å². The van der Waals surface area contributed by atoms with Crippen molar-refractivity contribution in [3.63, 3.8) is 0 Å². The molecule has 0 spiro atoms. The third-order valence-electron chi connectivity index (χ3n) is 7.61. The van der Waals surface area contributed by atoms with Crippen LogP contribution in [-0.2, 0) is 44.3 Å². The molecule has 0 aliphatic rings. The van der Waals surface area contributed by atoms with Gasteiger partial charge in [0, 0.05) is 5.56 Å². The summed E-state index contributed by atoms with van der Waals surface area (Å²) in [6.45, 7) is 11.3. The van der Waals surface area contributed by atoms with Gasteiger partial charge in [-0.1, -0.05) is 57.6 Å². The molecule has 2 aromatic carbocycles. The molecule has 0 N–H and O–H groups in total. The lowest BCUT2D eigenvalue weighted by molar-refractivity contribution is -0.0241. The van der Waals surface area contributed by atoms with Crippen molar-refractivity contribution >= 4 is 6.29 Å². The molecule has 0 saturated heterocycles. The zero-order valence-electron chi connectivity index (χ0n) is 31.1. The van der Waals surface area contributed by atoms with Crippen LogP contribution >= 0.6 is 0 Å². The SMILES string of the molecule is CCCCCCCCCc1ccc(OCCOCCOCCOCCOCCOCCOCCOCCOCCOc2ccc(C=O)cc2)cc1. The van der Waals surface area contributed by atoms with Gasteiger partial charge in [-0.2, -0.15) is 0 Å². The largest absolute Gasteiger partial charge is 0.491 e. The third kappa shape index (κ3) is 27.7. The minimum absolute atomic E-state index is 0.433. The lowest BCUT2D eigenvalue weighted by Gasteiger charge is -2.09. The molecule has 0 fully saturated rings. The van der Waals surface area contributed by atoms with Gasteiger partial charge in [-0.15, -0.1) is 0 Å². The molecule has 290 valence electrons. The summed E-state index contributed by atoms with van der Waals surface area (Å²) >= 11 is 0. The average molecular weight is 721 g/mol. The highest BCUT2D eigenvalue weighted by atomic mass is 16.6. The summed E-state index contributed by atoms with van der Waals surface area (Å²) in [5.41, 5.74) is 2.00. The maximum absolute atomic E-state index is 10.7. The summed E-state index contributed by atoms with van der Waals surface area (Å²) in [5, 5.41) is 0. The standard InChI is InChI=1S/C40H64O11/c1-2-3-4-5-6-7-8-9-37-10-14-39(15-11-37)50-34-32-48-30-28-46-26-24-44-22-20-42-18-19-43-21-23-45-25-27-47-29-31-49-33-35-51-40-16-12-38(36-41)13-17-40/h10-17,36H,2-9,18-35H2,1H3. The second-order valence-electron chi connectivity index (χ2n) is 11.8. The van der Waals surface area contributed by atoms with Crippen molar-refractivity contribution in [2.45, 2.75) is 58.3 Å². The van der Waals surface area contributed by atoms with E-state index in [-0.39, 0.29) is 0 Å². The molecule has 11 heteroatoms. The highest BCUT2D eigenvalue weighted by Gasteiger charge is 2.00. The number of unbranched alkanes of at least 4 members (excludes halogenated alkanes) is 6. The highest BCUT2D eigenvalue weighted by Crippen LogP contribution is 2.15. The van der Waals surface area contributed by atoms with E-state index in [0.29, 0.717) is 130 Å². The average Bonchev–Trinajstić information content (AvgIpc) is 3.16. The first kappa shape index (κ1) is 44.6. The Labute approximate surface area is 306 Å². The Morgan fingerprint density at radius 1 is 0.392 bits per heavy atom. The van der Waals surface area contributed by atoms with Crippen LogP contribution in [0, 0.1) is 0 Å². The van der Waals surface area contributed by atoms with E-state index >= 15 is 0 Å². The number of hydrogen-bond donors (Lipinski definition) is 0. The Morgan fingerprint density at radius 3 is 1.06 bits per heavy atom. The normalized spacial score (nSPS) is 11.2. The molecule has 0 aromatic heterocycles. The van der Waals surface area contributed by atoms with E-state index in [1.807, 2.05) is 0 Å². The Bertz CT molecular complexity index is 1020. The predicted octanol–water partition coefficient (Wildman–Crippen LogP) is 6.38.